The third-order valence-electron chi connectivity index (χ3n) is 4.72. The van der Waals surface area contributed by atoms with E-state index in [1.807, 2.05) is 32.0 Å². The second kappa shape index (κ2) is 9.40. The van der Waals surface area contributed by atoms with Gasteiger partial charge < -0.3 is 19.5 Å². The fourth-order valence-electron chi connectivity index (χ4n) is 3.31. The fourth-order valence-corrected chi connectivity index (χ4v) is 3.31. The van der Waals surface area contributed by atoms with Crippen molar-refractivity contribution in [2.45, 2.75) is 46.1 Å². The first-order valence-corrected chi connectivity index (χ1v) is 9.84. The summed E-state index contributed by atoms with van der Waals surface area (Å²) in [6.45, 7) is 6.74. The number of unbranched alkanes of at least 4 members (excludes halogenated alkanes) is 2. The Bertz CT molecular complexity index is 893. The number of rotatable bonds is 9. The molecule has 0 saturated carbocycles. The van der Waals surface area contributed by atoms with Gasteiger partial charge in [0, 0.05) is 5.70 Å². The number of aromatic nitrogens is 4. The molecule has 9 nitrogen and oxygen atoms in total. The number of allylic oxidation sites excluding steroid dienone is 1. The number of carbonyl (C=O) groups excluding carboxylic acids is 1. The second-order valence-electron chi connectivity index (χ2n) is 6.70. The number of ether oxygens (including phenoxy) is 3. The van der Waals surface area contributed by atoms with E-state index in [4.69, 9.17) is 14.2 Å². The number of hydrogen-bond acceptors (Lipinski definition) is 8. The van der Waals surface area contributed by atoms with Gasteiger partial charge in [0.2, 0.25) is 5.95 Å². The first-order chi connectivity index (χ1) is 14.1. The average Bonchev–Trinajstić information content (AvgIpc) is 3.18. The molecule has 2 heterocycles. The van der Waals surface area contributed by atoms with Crippen LogP contribution >= 0.6 is 0 Å². The van der Waals surface area contributed by atoms with Crippen LogP contribution in [0.25, 0.3) is 0 Å². The Morgan fingerprint density at radius 2 is 2.07 bits per heavy atom. The zero-order valence-corrected chi connectivity index (χ0v) is 17.3. The fraction of sp³-hybridized carbons (Fsp3) is 0.500. The van der Waals surface area contributed by atoms with E-state index < -0.39 is 6.04 Å². The number of hydrogen-bond donors (Lipinski definition) is 1. The van der Waals surface area contributed by atoms with Crippen molar-refractivity contribution < 1.29 is 19.0 Å². The summed E-state index contributed by atoms with van der Waals surface area (Å²) >= 11 is 0. The van der Waals surface area contributed by atoms with Crippen molar-refractivity contribution >= 4 is 11.9 Å². The van der Waals surface area contributed by atoms with Gasteiger partial charge in [-0.15, -0.1) is 0 Å². The zero-order chi connectivity index (χ0) is 20.8. The van der Waals surface area contributed by atoms with Crippen molar-refractivity contribution in [2.75, 3.05) is 25.6 Å². The second-order valence-corrected chi connectivity index (χ2v) is 6.70. The molecule has 0 radical (unpaired) electrons. The van der Waals surface area contributed by atoms with Gasteiger partial charge in [-0.3, -0.25) is 0 Å². The van der Waals surface area contributed by atoms with Gasteiger partial charge in [-0.2, -0.15) is 4.68 Å². The zero-order valence-electron chi connectivity index (χ0n) is 17.3. The van der Waals surface area contributed by atoms with Crippen LogP contribution in [0.5, 0.6) is 11.5 Å². The molecule has 2 aromatic rings. The number of esters is 1. The number of benzene rings is 1. The molecule has 0 aliphatic carbocycles. The Morgan fingerprint density at radius 3 is 2.79 bits per heavy atom. The number of tetrazole rings is 1. The molecule has 156 valence electrons. The summed E-state index contributed by atoms with van der Waals surface area (Å²) in [5, 5.41) is 14.9. The molecule has 0 fully saturated rings. The van der Waals surface area contributed by atoms with Gasteiger partial charge in [-0.1, -0.05) is 30.9 Å². The highest BCUT2D eigenvalue weighted by atomic mass is 16.5. The first-order valence-electron chi connectivity index (χ1n) is 9.84. The lowest BCUT2D eigenvalue weighted by Crippen LogP contribution is -2.30. The predicted molar refractivity (Wildman–Crippen MR) is 107 cm³/mol. The molecule has 0 bridgehead atoms. The van der Waals surface area contributed by atoms with Crippen molar-refractivity contribution in [3.05, 3.63) is 35.0 Å². The van der Waals surface area contributed by atoms with Crippen molar-refractivity contribution in [2.24, 2.45) is 0 Å². The molecule has 1 aromatic carbocycles. The molecule has 1 N–H and O–H groups in total. The number of carbonyl (C=O) groups is 1. The molecule has 0 spiro atoms. The Kier molecular flexibility index (Phi) is 6.69. The van der Waals surface area contributed by atoms with Gasteiger partial charge in [-0.25, -0.2) is 4.79 Å². The molecule has 29 heavy (non-hydrogen) atoms. The van der Waals surface area contributed by atoms with E-state index in [0.29, 0.717) is 41.9 Å². The number of anilines is 1. The monoisotopic (exact) mass is 401 g/mol. The Morgan fingerprint density at radius 1 is 1.24 bits per heavy atom. The maximum absolute atomic E-state index is 13.0. The third kappa shape index (κ3) is 4.33. The quantitative estimate of drug-likeness (QED) is 0.505. The van der Waals surface area contributed by atoms with Crippen molar-refractivity contribution in [1.29, 1.82) is 0 Å². The van der Waals surface area contributed by atoms with Crippen LogP contribution in [-0.2, 0) is 9.53 Å². The minimum Gasteiger partial charge on any atom is -0.493 e. The molecule has 0 amide bonds. The van der Waals surface area contributed by atoms with Gasteiger partial charge >= 0.3 is 5.97 Å². The summed E-state index contributed by atoms with van der Waals surface area (Å²) in [6.07, 6.45) is 2.91. The van der Waals surface area contributed by atoms with Crippen LogP contribution in [0.4, 0.5) is 5.95 Å². The molecule has 0 unspecified atom stereocenters. The molecule has 1 atom stereocenters. The van der Waals surface area contributed by atoms with Gasteiger partial charge in [0.15, 0.2) is 11.5 Å². The molecular weight excluding hydrogens is 374 g/mol. The molecule has 9 heteroatoms. The summed E-state index contributed by atoms with van der Waals surface area (Å²) in [7, 11) is 1.58. The van der Waals surface area contributed by atoms with Crippen LogP contribution in [0.15, 0.2) is 29.5 Å². The lowest BCUT2D eigenvalue weighted by atomic mass is 9.95. The van der Waals surface area contributed by atoms with E-state index in [1.54, 1.807) is 11.8 Å². The molecule has 3 rings (SSSR count). The van der Waals surface area contributed by atoms with Crippen LogP contribution in [0.2, 0.25) is 0 Å². The largest absolute Gasteiger partial charge is 0.493 e. The lowest BCUT2D eigenvalue weighted by Gasteiger charge is -2.27. The van der Waals surface area contributed by atoms with Crippen molar-refractivity contribution in [1.82, 2.24) is 20.2 Å². The smallest absolute Gasteiger partial charge is 0.338 e. The van der Waals surface area contributed by atoms with Crippen molar-refractivity contribution in [3.63, 3.8) is 0 Å². The van der Waals surface area contributed by atoms with Gasteiger partial charge in [0.25, 0.3) is 0 Å². The number of fused-ring (bicyclic) bond motifs is 1. The van der Waals surface area contributed by atoms with E-state index >= 15 is 0 Å². The molecule has 0 saturated heterocycles. The lowest BCUT2D eigenvalue weighted by molar-refractivity contribution is -0.139. The van der Waals surface area contributed by atoms with Crippen LogP contribution in [0.1, 0.15) is 51.6 Å². The van der Waals surface area contributed by atoms with Crippen molar-refractivity contribution in [3.8, 4) is 11.5 Å². The summed E-state index contributed by atoms with van der Waals surface area (Å²) in [5.74, 6) is 1.29. The molecular formula is C20H27N5O4. The summed E-state index contributed by atoms with van der Waals surface area (Å²) in [5.41, 5.74) is 1.92. The van der Waals surface area contributed by atoms with E-state index in [2.05, 4.69) is 27.8 Å². The number of methoxy groups -OCH3 is 1. The first kappa shape index (κ1) is 20.6. The number of nitrogens with one attached hydrogen (secondary N) is 1. The third-order valence-corrected chi connectivity index (χ3v) is 4.72. The van der Waals surface area contributed by atoms with E-state index in [1.165, 1.54) is 0 Å². The average molecular weight is 401 g/mol. The van der Waals surface area contributed by atoms with E-state index in [0.717, 1.165) is 24.8 Å². The maximum Gasteiger partial charge on any atom is 0.338 e. The minimum absolute atomic E-state index is 0.380. The molecule has 1 aliphatic rings. The topological polar surface area (TPSA) is 100 Å². The SMILES string of the molecule is CCCCCOC(=O)C1=C(C)Nc2nnnn2[C@@H]1c1ccc(OCC)c(OC)c1. The minimum atomic E-state index is -0.537. The number of nitrogens with zero attached hydrogens (tertiary/aromatic N) is 4. The van der Waals surface area contributed by atoms with Gasteiger partial charge in [0.1, 0.15) is 6.04 Å². The van der Waals surface area contributed by atoms with Crippen LogP contribution in [0.3, 0.4) is 0 Å². The predicted octanol–water partition coefficient (Wildman–Crippen LogP) is 3.10. The van der Waals surface area contributed by atoms with Gasteiger partial charge in [-0.05, 0) is 48.4 Å². The maximum atomic E-state index is 13.0. The Balaban J connectivity index is 1.98. The molecule has 1 aliphatic heterocycles. The van der Waals surface area contributed by atoms with Crippen LogP contribution in [-0.4, -0.2) is 46.5 Å². The Labute approximate surface area is 170 Å². The normalized spacial score (nSPS) is 15.5. The van der Waals surface area contributed by atoms with Crippen LogP contribution < -0.4 is 14.8 Å². The Hall–Kier alpha value is -3.10. The highest BCUT2D eigenvalue weighted by molar-refractivity contribution is 5.92. The standard InChI is InChI=1S/C20H27N5O4/c1-5-7-8-11-29-19(26)17-13(3)21-20-22-23-24-25(20)18(17)14-9-10-15(28-6-2)16(12-14)27-4/h9-10,12,18H,5-8,11H2,1-4H3,(H,21,22,24)/t18-/m1/s1. The molecule has 1 aromatic heterocycles. The highest BCUT2D eigenvalue weighted by Crippen LogP contribution is 2.38. The van der Waals surface area contributed by atoms with Crippen LogP contribution in [0, 0.1) is 0 Å². The summed E-state index contributed by atoms with van der Waals surface area (Å²) in [4.78, 5) is 13.0. The summed E-state index contributed by atoms with van der Waals surface area (Å²) in [6, 6.07) is 5.00. The highest BCUT2D eigenvalue weighted by Gasteiger charge is 2.35. The van der Waals surface area contributed by atoms with Gasteiger partial charge in [0.05, 0.1) is 25.9 Å². The van der Waals surface area contributed by atoms with E-state index in [-0.39, 0.29) is 5.97 Å². The summed E-state index contributed by atoms with van der Waals surface area (Å²) < 4.78 is 18.2. The van der Waals surface area contributed by atoms with E-state index in [9.17, 15) is 4.79 Å².